The zero-order chi connectivity index (χ0) is 22.6. The van der Waals surface area contributed by atoms with Gasteiger partial charge in [0, 0.05) is 50.7 Å². The molecule has 1 saturated heterocycles. The fourth-order valence-corrected chi connectivity index (χ4v) is 4.34. The van der Waals surface area contributed by atoms with Gasteiger partial charge in [0.05, 0.1) is 11.7 Å². The number of nitrogens with zero attached hydrogens (tertiary/aromatic N) is 3. The SMILES string of the molecule is O=C(NC[C@@H](c1cccnc1)N1CCN(c2ccccc2F)CC1)c1ccc2c(c1)OCO2. The van der Waals surface area contributed by atoms with Crippen LogP contribution in [0.4, 0.5) is 10.1 Å². The number of hydrogen-bond donors (Lipinski definition) is 1. The maximum absolute atomic E-state index is 14.2. The molecule has 2 aliphatic heterocycles. The van der Waals surface area contributed by atoms with Crippen molar-refractivity contribution in [3.8, 4) is 11.5 Å². The Kier molecular flexibility index (Phi) is 6.08. The highest BCUT2D eigenvalue weighted by Gasteiger charge is 2.27. The van der Waals surface area contributed by atoms with Crippen LogP contribution in [0.2, 0.25) is 0 Å². The van der Waals surface area contributed by atoms with Crippen molar-refractivity contribution < 1.29 is 18.7 Å². The molecule has 5 rings (SSSR count). The molecule has 33 heavy (non-hydrogen) atoms. The van der Waals surface area contributed by atoms with Crippen LogP contribution >= 0.6 is 0 Å². The molecule has 0 radical (unpaired) electrons. The molecule has 170 valence electrons. The third kappa shape index (κ3) is 4.61. The lowest BCUT2D eigenvalue weighted by molar-refractivity contribution is 0.0929. The molecule has 2 aromatic carbocycles. The van der Waals surface area contributed by atoms with Gasteiger partial charge < -0.3 is 19.7 Å². The summed E-state index contributed by atoms with van der Waals surface area (Å²) in [4.78, 5) is 21.5. The van der Waals surface area contributed by atoms with Crippen LogP contribution in [-0.2, 0) is 0 Å². The van der Waals surface area contributed by atoms with E-state index in [1.807, 2.05) is 30.5 Å². The average molecular weight is 448 g/mol. The third-order valence-corrected chi connectivity index (χ3v) is 6.11. The van der Waals surface area contributed by atoms with Crippen LogP contribution in [0.3, 0.4) is 0 Å². The second-order valence-electron chi connectivity index (χ2n) is 8.05. The number of rotatable bonds is 6. The van der Waals surface area contributed by atoms with Gasteiger partial charge in [-0.1, -0.05) is 18.2 Å². The lowest BCUT2D eigenvalue weighted by atomic mass is 10.1. The van der Waals surface area contributed by atoms with Crippen LogP contribution in [0, 0.1) is 5.82 Å². The largest absolute Gasteiger partial charge is 0.454 e. The number of amides is 1. The molecule has 7 nitrogen and oxygen atoms in total. The highest BCUT2D eigenvalue weighted by Crippen LogP contribution is 2.32. The van der Waals surface area contributed by atoms with E-state index in [0.29, 0.717) is 42.4 Å². The average Bonchev–Trinajstić information content (AvgIpc) is 3.33. The maximum Gasteiger partial charge on any atom is 0.251 e. The molecule has 0 saturated carbocycles. The second-order valence-corrected chi connectivity index (χ2v) is 8.05. The summed E-state index contributed by atoms with van der Waals surface area (Å²) in [5, 5.41) is 3.06. The van der Waals surface area contributed by atoms with Crippen LogP contribution in [0.5, 0.6) is 11.5 Å². The molecule has 1 N–H and O–H groups in total. The number of nitrogens with one attached hydrogen (secondary N) is 1. The number of carbonyl (C=O) groups excluding carboxylic acids is 1. The zero-order valence-corrected chi connectivity index (χ0v) is 18.1. The monoisotopic (exact) mass is 448 g/mol. The van der Waals surface area contributed by atoms with Gasteiger partial charge in [-0.15, -0.1) is 0 Å². The fraction of sp³-hybridized carbons (Fsp3) is 0.280. The number of anilines is 1. The van der Waals surface area contributed by atoms with E-state index in [1.54, 1.807) is 30.5 Å². The van der Waals surface area contributed by atoms with Crippen molar-refractivity contribution in [1.29, 1.82) is 0 Å². The summed E-state index contributed by atoms with van der Waals surface area (Å²) in [7, 11) is 0. The highest BCUT2D eigenvalue weighted by atomic mass is 19.1. The number of para-hydroxylation sites is 1. The molecule has 1 aromatic heterocycles. The lowest BCUT2D eigenvalue weighted by Gasteiger charge is -2.40. The van der Waals surface area contributed by atoms with Gasteiger partial charge in [0.2, 0.25) is 6.79 Å². The van der Waals surface area contributed by atoms with Crippen LogP contribution in [-0.4, -0.2) is 55.3 Å². The van der Waals surface area contributed by atoms with Crippen LogP contribution in [0.15, 0.2) is 67.0 Å². The van der Waals surface area contributed by atoms with E-state index in [9.17, 15) is 9.18 Å². The van der Waals surface area contributed by atoms with Crippen molar-refractivity contribution in [2.24, 2.45) is 0 Å². The number of carbonyl (C=O) groups is 1. The van der Waals surface area contributed by atoms with E-state index in [2.05, 4.69) is 20.1 Å². The first-order chi connectivity index (χ1) is 16.2. The summed E-state index contributed by atoms with van der Waals surface area (Å²) >= 11 is 0. The molecule has 1 atom stereocenters. The Morgan fingerprint density at radius 3 is 2.64 bits per heavy atom. The minimum atomic E-state index is -0.203. The summed E-state index contributed by atoms with van der Waals surface area (Å²) in [5.74, 6) is 0.848. The molecular weight excluding hydrogens is 423 g/mol. The van der Waals surface area contributed by atoms with Crippen molar-refractivity contribution >= 4 is 11.6 Å². The first-order valence-electron chi connectivity index (χ1n) is 11.0. The first-order valence-corrected chi connectivity index (χ1v) is 11.0. The molecule has 1 amide bonds. The van der Waals surface area contributed by atoms with Crippen LogP contribution < -0.4 is 19.7 Å². The molecule has 2 aliphatic rings. The van der Waals surface area contributed by atoms with Crippen molar-refractivity contribution in [2.75, 3.05) is 44.4 Å². The van der Waals surface area contributed by atoms with Gasteiger partial charge in [-0.2, -0.15) is 0 Å². The number of aromatic nitrogens is 1. The van der Waals surface area contributed by atoms with E-state index in [4.69, 9.17) is 9.47 Å². The predicted octanol–water partition coefficient (Wildman–Crippen LogP) is 3.24. The third-order valence-electron chi connectivity index (χ3n) is 6.11. The zero-order valence-electron chi connectivity index (χ0n) is 18.1. The second kappa shape index (κ2) is 9.46. The number of pyridine rings is 1. The minimum absolute atomic E-state index is 0.0422. The molecule has 1 fully saturated rings. The molecule has 8 heteroatoms. The Morgan fingerprint density at radius 1 is 1.03 bits per heavy atom. The van der Waals surface area contributed by atoms with Crippen molar-refractivity contribution in [3.63, 3.8) is 0 Å². The van der Waals surface area contributed by atoms with Gasteiger partial charge in [-0.3, -0.25) is 14.7 Å². The van der Waals surface area contributed by atoms with Gasteiger partial charge in [0.1, 0.15) is 5.82 Å². The van der Waals surface area contributed by atoms with Gasteiger partial charge in [-0.05, 0) is 42.0 Å². The topological polar surface area (TPSA) is 66.9 Å². The van der Waals surface area contributed by atoms with E-state index >= 15 is 0 Å². The minimum Gasteiger partial charge on any atom is -0.454 e. The van der Waals surface area contributed by atoms with Crippen molar-refractivity contribution in [1.82, 2.24) is 15.2 Å². The molecule has 0 aliphatic carbocycles. The number of ether oxygens (including phenoxy) is 2. The van der Waals surface area contributed by atoms with Crippen molar-refractivity contribution in [2.45, 2.75) is 6.04 Å². The highest BCUT2D eigenvalue weighted by molar-refractivity contribution is 5.95. The van der Waals surface area contributed by atoms with Gasteiger partial charge in [-0.25, -0.2) is 4.39 Å². The predicted molar refractivity (Wildman–Crippen MR) is 122 cm³/mol. The van der Waals surface area contributed by atoms with Gasteiger partial charge in [0.15, 0.2) is 11.5 Å². The maximum atomic E-state index is 14.2. The fourth-order valence-electron chi connectivity index (χ4n) is 4.34. The summed E-state index contributed by atoms with van der Waals surface area (Å²) in [6.45, 7) is 3.49. The molecule has 0 unspecified atom stereocenters. The number of hydrogen-bond acceptors (Lipinski definition) is 6. The molecule has 0 bridgehead atoms. The van der Waals surface area contributed by atoms with E-state index in [1.165, 1.54) is 6.07 Å². The van der Waals surface area contributed by atoms with E-state index in [-0.39, 0.29) is 24.6 Å². The summed E-state index contributed by atoms with van der Waals surface area (Å²) < 4.78 is 24.9. The Labute approximate surface area is 191 Å². The molecule has 3 aromatic rings. The standard InChI is InChI=1S/C25H25FN4O3/c26-20-5-1-2-6-21(20)29-10-12-30(13-11-29)22(19-4-3-9-27-15-19)16-28-25(31)18-7-8-23-24(14-18)33-17-32-23/h1-9,14-15,22H,10-13,16-17H2,(H,28,31)/t22-/m0/s1. The number of benzene rings is 2. The quantitative estimate of drug-likeness (QED) is 0.625. The van der Waals surface area contributed by atoms with Gasteiger partial charge >= 0.3 is 0 Å². The first kappa shape index (κ1) is 21.2. The lowest BCUT2D eigenvalue weighted by Crippen LogP contribution is -2.50. The number of piperazine rings is 1. The van der Waals surface area contributed by atoms with Crippen LogP contribution in [0.1, 0.15) is 22.0 Å². The van der Waals surface area contributed by atoms with Crippen LogP contribution in [0.25, 0.3) is 0 Å². The summed E-state index contributed by atoms with van der Waals surface area (Å²) in [6.07, 6.45) is 3.57. The Bertz CT molecular complexity index is 1120. The number of halogens is 1. The normalized spacial score (nSPS) is 16.5. The van der Waals surface area contributed by atoms with E-state index < -0.39 is 0 Å². The molecular formula is C25H25FN4O3. The number of fused-ring (bicyclic) bond motifs is 1. The van der Waals surface area contributed by atoms with Gasteiger partial charge in [0.25, 0.3) is 5.91 Å². The summed E-state index contributed by atoms with van der Waals surface area (Å²) in [6, 6.07) is 15.9. The molecule has 0 spiro atoms. The smallest absolute Gasteiger partial charge is 0.251 e. The molecule has 3 heterocycles. The Hall–Kier alpha value is -3.65. The summed E-state index contributed by atoms with van der Waals surface area (Å²) in [5.41, 5.74) is 2.18. The van der Waals surface area contributed by atoms with Crippen molar-refractivity contribution in [3.05, 3.63) is 83.9 Å². The Balaban J connectivity index is 1.27. The Morgan fingerprint density at radius 2 is 1.85 bits per heavy atom. The van der Waals surface area contributed by atoms with E-state index in [0.717, 1.165) is 18.7 Å².